The van der Waals surface area contributed by atoms with Gasteiger partial charge in [-0.2, -0.15) is 0 Å². The second kappa shape index (κ2) is 9.04. The number of amides is 2. The summed E-state index contributed by atoms with van der Waals surface area (Å²) in [5.41, 5.74) is 6.31. The number of nitrogens with two attached hydrogens (primary N) is 1. The van der Waals surface area contributed by atoms with Crippen molar-refractivity contribution in [3.63, 3.8) is 0 Å². The van der Waals surface area contributed by atoms with E-state index in [9.17, 15) is 9.59 Å². The van der Waals surface area contributed by atoms with Crippen LogP contribution in [0.2, 0.25) is 0 Å². The van der Waals surface area contributed by atoms with E-state index in [1.165, 1.54) is 0 Å². The van der Waals surface area contributed by atoms with Gasteiger partial charge in [-0.05, 0) is 69.8 Å². The molecule has 134 valence electrons. The van der Waals surface area contributed by atoms with Gasteiger partial charge in [-0.15, -0.1) is 12.4 Å². The van der Waals surface area contributed by atoms with Crippen molar-refractivity contribution in [1.82, 2.24) is 5.32 Å². The summed E-state index contributed by atoms with van der Waals surface area (Å²) in [7, 11) is 0. The molecule has 1 heterocycles. The first-order valence-corrected chi connectivity index (χ1v) is 8.30. The molecule has 2 rings (SSSR count). The Morgan fingerprint density at radius 3 is 2.33 bits per heavy atom. The predicted molar refractivity (Wildman–Crippen MR) is 99.4 cm³/mol. The Hall–Kier alpha value is -1.59. The number of hydrogen-bond donors (Lipinski definition) is 3. The van der Waals surface area contributed by atoms with Crippen LogP contribution in [-0.2, 0) is 15.0 Å². The van der Waals surface area contributed by atoms with Crippen molar-refractivity contribution in [3.8, 4) is 0 Å². The lowest BCUT2D eigenvalue weighted by molar-refractivity contribution is -0.122. The van der Waals surface area contributed by atoms with Gasteiger partial charge in [0.2, 0.25) is 11.8 Å². The maximum absolute atomic E-state index is 12.0. The molecule has 0 atom stereocenters. The lowest BCUT2D eigenvalue weighted by atomic mass is 9.84. The molecular formula is C18H28ClN3O2. The normalized spacial score (nSPS) is 15.4. The van der Waals surface area contributed by atoms with Gasteiger partial charge in [0, 0.05) is 12.1 Å². The molecule has 1 saturated heterocycles. The van der Waals surface area contributed by atoms with Crippen LogP contribution >= 0.6 is 12.4 Å². The maximum atomic E-state index is 12.0. The monoisotopic (exact) mass is 353 g/mol. The van der Waals surface area contributed by atoms with Gasteiger partial charge in [0.05, 0.1) is 5.41 Å². The molecule has 0 bridgehead atoms. The van der Waals surface area contributed by atoms with Gasteiger partial charge in [-0.25, -0.2) is 0 Å². The predicted octanol–water partition coefficient (Wildman–Crippen LogP) is 2.59. The van der Waals surface area contributed by atoms with E-state index in [0.717, 1.165) is 43.6 Å². The van der Waals surface area contributed by atoms with Crippen molar-refractivity contribution < 1.29 is 9.59 Å². The Balaban J connectivity index is 0.00000288. The molecule has 0 spiro atoms. The zero-order valence-electron chi connectivity index (χ0n) is 14.4. The van der Waals surface area contributed by atoms with E-state index in [1.54, 1.807) is 13.8 Å². The lowest BCUT2D eigenvalue weighted by Crippen LogP contribution is -2.35. The zero-order chi connectivity index (χ0) is 16.9. The number of rotatable bonds is 6. The second-order valence-electron chi connectivity index (χ2n) is 6.85. The van der Waals surface area contributed by atoms with Crippen LogP contribution in [0.15, 0.2) is 24.3 Å². The highest BCUT2D eigenvalue weighted by Gasteiger charge is 2.27. The summed E-state index contributed by atoms with van der Waals surface area (Å²) in [6.45, 7) is 5.71. The van der Waals surface area contributed by atoms with E-state index in [1.807, 2.05) is 24.3 Å². The molecule has 0 saturated carbocycles. The van der Waals surface area contributed by atoms with Gasteiger partial charge in [-0.3, -0.25) is 9.59 Å². The minimum Gasteiger partial charge on any atom is -0.369 e. The van der Waals surface area contributed by atoms with E-state index < -0.39 is 5.41 Å². The van der Waals surface area contributed by atoms with Crippen molar-refractivity contribution in [2.24, 2.45) is 11.7 Å². The first-order valence-electron chi connectivity index (χ1n) is 8.30. The largest absolute Gasteiger partial charge is 0.369 e. The number of anilines is 1. The van der Waals surface area contributed by atoms with Crippen LogP contribution < -0.4 is 16.4 Å². The molecule has 24 heavy (non-hydrogen) atoms. The number of nitrogens with one attached hydrogen (secondary N) is 2. The van der Waals surface area contributed by atoms with Crippen molar-refractivity contribution >= 4 is 29.9 Å². The van der Waals surface area contributed by atoms with Crippen LogP contribution in [0, 0.1) is 5.92 Å². The van der Waals surface area contributed by atoms with Crippen LogP contribution in [0.1, 0.15) is 45.1 Å². The number of piperidine rings is 1. The molecule has 1 aromatic carbocycles. The standard InChI is InChI=1S/C18H27N3O2.ClH/c1-18(2,17(19)23)14-4-6-15(7-5-14)21-16(22)8-3-13-9-11-20-12-10-13;/h4-7,13,20H,3,8-12H2,1-2H3,(H2,19,23)(H,21,22);1H. The Morgan fingerprint density at radius 2 is 1.79 bits per heavy atom. The number of primary amides is 1. The average molecular weight is 354 g/mol. The molecule has 4 N–H and O–H groups in total. The fourth-order valence-corrected chi connectivity index (χ4v) is 2.84. The van der Waals surface area contributed by atoms with E-state index in [0.29, 0.717) is 12.3 Å². The van der Waals surface area contributed by atoms with Crippen molar-refractivity contribution in [3.05, 3.63) is 29.8 Å². The van der Waals surface area contributed by atoms with Gasteiger partial charge in [0.25, 0.3) is 0 Å². The highest BCUT2D eigenvalue weighted by Crippen LogP contribution is 2.24. The summed E-state index contributed by atoms with van der Waals surface area (Å²) in [6, 6.07) is 7.32. The van der Waals surface area contributed by atoms with E-state index in [4.69, 9.17) is 5.73 Å². The SMILES string of the molecule is CC(C)(C(N)=O)c1ccc(NC(=O)CCC2CCNCC2)cc1.Cl. The van der Waals surface area contributed by atoms with Crippen molar-refractivity contribution in [1.29, 1.82) is 0 Å². The molecule has 0 aromatic heterocycles. The fraction of sp³-hybridized carbons (Fsp3) is 0.556. The third-order valence-corrected chi connectivity index (χ3v) is 4.74. The summed E-state index contributed by atoms with van der Waals surface area (Å²) >= 11 is 0. The van der Waals surface area contributed by atoms with E-state index >= 15 is 0 Å². The smallest absolute Gasteiger partial charge is 0.227 e. The first kappa shape index (κ1) is 20.5. The Morgan fingerprint density at radius 1 is 1.21 bits per heavy atom. The molecule has 1 fully saturated rings. The van der Waals surface area contributed by atoms with Gasteiger partial charge in [-0.1, -0.05) is 12.1 Å². The summed E-state index contributed by atoms with van der Waals surface area (Å²) < 4.78 is 0. The molecule has 2 amide bonds. The lowest BCUT2D eigenvalue weighted by Gasteiger charge is -2.22. The van der Waals surface area contributed by atoms with Crippen molar-refractivity contribution in [2.75, 3.05) is 18.4 Å². The summed E-state index contributed by atoms with van der Waals surface area (Å²) in [5.74, 6) is 0.336. The van der Waals surface area contributed by atoms with Crippen LogP contribution in [0.5, 0.6) is 0 Å². The van der Waals surface area contributed by atoms with Crippen LogP contribution in [0.25, 0.3) is 0 Å². The number of carbonyl (C=O) groups is 2. The number of hydrogen-bond acceptors (Lipinski definition) is 3. The summed E-state index contributed by atoms with van der Waals surface area (Å²) in [5, 5.41) is 6.25. The molecule has 0 aliphatic carbocycles. The molecular weight excluding hydrogens is 326 g/mol. The van der Waals surface area contributed by atoms with Crippen molar-refractivity contribution in [2.45, 2.75) is 44.9 Å². The summed E-state index contributed by atoms with van der Waals surface area (Å²) in [4.78, 5) is 23.5. The maximum Gasteiger partial charge on any atom is 0.227 e. The molecule has 0 radical (unpaired) electrons. The Bertz CT molecular complexity index is 552. The highest BCUT2D eigenvalue weighted by atomic mass is 35.5. The molecule has 6 heteroatoms. The highest BCUT2D eigenvalue weighted by molar-refractivity contribution is 5.91. The Kier molecular flexibility index (Phi) is 7.70. The van der Waals surface area contributed by atoms with E-state index in [2.05, 4.69) is 10.6 Å². The zero-order valence-corrected chi connectivity index (χ0v) is 15.2. The van der Waals surface area contributed by atoms with Gasteiger partial charge < -0.3 is 16.4 Å². The number of halogens is 1. The van der Waals surface area contributed by atoms with Crippen LogP contribution in [0.3, 0.4) is 0 Å². The van der Waals surface area contributed by atoms with E-state index in [-0.39, 0.29) is 24.2 Å². The minimum absolute atomic E-state index is 0. The summed E-state index contributed by atoms with van der Waals surface area (Å²) in [6.07, 6.45) is 3.81. The average Bonchev–Trinajstić information content (AvgIpc) is 2.54. The third-order valence-electron chi connectivity index (χ3n) is 4.74. The van der Waals surface area contributed by atoms with Gasteiger partial charge in [0.1, 0.15) is 0 Å². The molecule has 0 unspecified atom stereocenters. The number of benzene rings is 1. The first-order chi connectivity index (χ1) is 10.9. The molecule has 5 nitrogen and oxygen atoms in total. The van der Waals surface area contributed by atoms with Gasteiger partial charge >= 0.3 is 0 Å². The van der Waals surface area contributed by atoms with Crippen LogP contribution in [0.4, 0.5) is 5.69 Å². The molecule has 1 aromatic rings. The fourth-order valence-electron chi connectivity index (χ4n) is 2.84. The van der Waals surface area contributed by atoms with Crippen LogP contribution in [-0.4, -0.2) is 24.9 Å². The van der Waals surface area contributed by atoms with Gasteiger partial charge in [0.15, 0.2) is 0 Å². The third kappa shape index (κ3) is 5.49. The topological polar surface area (TPSA) is 84.2 Å². The number of carbonyl (C=O) groups excluding carboxylic acids is 2. The quantitative estimate of drug-likeness (QED) is 0.734. The minimum atomic E-state index is -0.711. The Labute approximate surface area is 150 Å². The molecule has 1 aliphatic rings. The second-order valence-corrected chi connectivity index (χ2v) is 6.85. The molecule has 1 aliphatic heterocycles.